The average Bonchev–Trinajstić information content (AvgIpc) is 2.49. The monoisotopic (exact) mass is 281 g/mol. The highest BCUT2D eigenvalue weighted by Crippen LogP contribution is 2.39. The maximum atomic E-state index is 4.62. The van der Waals surface area contributed by atoms with E-state index in [9.17, 15) is 0 Å². The Morgan fingerprint density at radius 3 is 2.45 bits per heavy atom. The number of rotatable bonds is 4. The van der Waals surface area contributed by atoms with Gasteiger partial charge in [0.25, 0.3) is 0 Å². The summed E-state index contributed by atoms with van der Waals surface area (Å²) in [6.45, 7) is 4.10. The van der Waals surface area contributed by atoms with E-state index in [-0.39, 0.29) is 0 Å². The second-order valence-corrected chi connectivity index (χ2v) is 5.30. The third kappa shape index (κ3) is 3.20. The van der Waals surface area contributed by atoms with Crippen molar-refractivity contribution in [1.29, 1.82) is 0 Å². The van der Waals surface area contributed by atoms with Crippen molar-refractivity contribution >= 4 is 23.7 Å². The predicted octanol–water partition coefficient (Wildman–Crippen LogP) is 5.66. The molecule has 0 spiro atoms. The molecule has 0 aromatic heterocycles. The Hall–Kier alpha value is -1.80. The van der Waals surface area contributed by atoms with Crippen LogP contribution in [-0.4, -0.2) is 12.5 Å². The summed E-state index contributed by atoms with van der Waals surface area (Å²) in [4.78, 5) is 5.85. The van der Waals surface area contributed by atoms with Crippen LogP contribution in [0.2, 0.25) is 0 Å². The Kier molecular flexibility index (Phi) is 5.19. The van der Waals surface area contributed by atoms with E-state index in [0.717, 1.165) is 5.69 Å². The number of thioether (sulfide) groups is 1. The van der Waals surface area contributed by atoms with Gasteiger partial charge in [-0.25, -0.2) is 0 Å². The zero-order valence-electron chi connectivity index (χ0n) is 12.1. The molecule has 0 saturated heterocycles. The Morgan fingerprint density at radius 2 is 1.80 bits per heavy atom. The van der Waals surface area contributed by atoms with Gasteiger partial charge >= 0.3 is 0 Å². The molecule has 2 rings (SSSR count). The zero-order chi connectivity index (χ0) is 14.4. The van der Waals surface area contributed by atoms with Gasteiger partial charge in [0, 0.05) is 11.1 Å². The summed E-state index contributed by atoms with van der Waals surface area (Å²) in [5.74, 6) is 0. The maximum Gasteiger partial charge on any atom is 0.0800 e. The number of hydrogen-bond acceptors (Lipinski definition) is 2. The van der Waals surface area contributed by atoms with Crippen LogP contribution in [-0.2, 0) is 0 Å². The third-order valence-corrected chi connectivity index (χ3v) is 3.93. The van der Waals surface area contributed by atoms with Crippen molar-refractivity contribution < 1.29 is 0 Å². The van der Waals surface area contributed by atoms with E-state index in [4.69, 9.17) is 0 Å². The second kappa shape index (κ2) is 7.11. The van der Waals surface area contributed by atoms with Crippen LogP contribution in [0.1, 0.15) is 12.5 Å². The molecule has 2 heteroatoms. The predicted molar refractivity (Wildman–Crippen MR) is 91.4 cm³/mol. The summed E-state index contributed by atoms with van der Waals surface area (Å²) in [5, 5.41) is 0. The molecule has 2 aromatic carbocycles. The minimum Gasteiger partial charge on any atom is -0.255 e. The molecule has 0 aliphatic rings. The van der Waals surface area contributed by atoms with E-state index in [0.29, 0.717) is 0 Å². The van der Waals surface area contributed by atoms with Crippen molar-refractivity contribution in [3.8, 4) is 11.1 Å². The van der Waals surface area contributed by atoms with Crippen LogP contribution in [0, 0.1) is 6.92 Å². The van der Waals surface area contributed by atoms with Crippen molar-refractivity contribution in [3.63, 3.8) is 0 Å². The van der Waals surface area contributed by atoms with Crippen molar-refractivity contribution in [2.45, 2.75) is 18.7 Å². The summed E-state index contributed by atoms with van der Waals surface area (Å²) < 4.78 is 0. The molecule has 0 fully saturated rings. The largest absolute Gasteiger partial charge is 0.255 e. The van der Waals surface area contributed by atoms with Crippen LogP contribution in [0.3, 0.4) is 0 Å². The van der Waals surface area contributed by atoms with Crippen molar-refractivity contribution in [3.05, 3.63) is 60.2 Å². The van der Waals surface area contributed by atoms with Gasteiger partial charge < -0.3 is 0 Å². The van der Waals surface area contributed by atoms with Gasteiger partial charge in [-0.2, -0.15) is 0 Å². The Balaban J connectivity index is 2.57. The fourth-order valence-corrected chi connectivity index (χ4v) is 2.90. The number of aryl methyl sites for hydroxylation is 1. The van der Waals surface area contributed by atoms with Crippen molar-refractivity contribution in [2.24, 2.45) is 4.99 Å². The van der Waals surface area contributed by atoms with Crippen molar-refractivity contribution in [2.75, 3.05) is 6.26 Å². The summed E-state index contributed by atoms with van der Waals surface area (Å²) >= 11 is 1.75. The average molecular weight is 281 g/mol. The fourth-order valence-electron chi connectivity index (χ4n) is 2.09. The van der Waals surface area contributed by atoms with Crippen molar-refractivity contribution in [1.82, 2.24) is 0 Å². The SMILES string of the molecule is C/C=C\C=Nc1c(C)ccc(-c2ccccc2)c1SC. The fraction of sp³-hybridized carbons (Fsp3) is 0.167. The number of aliphatic imine (C=N–C) groups is 1. The van der Waals surface area contributed by atoms with Crippen LogP contribution in [0.5, 0.6) is 0 Å². The zero-order valence-corrected chi connectivity index (χ0v) is 12.9. The van der Waals surface area contributed by atoms with Crippen LogP contribution in [0.4, 0.5) is 5.69 Å². The first-order valence-electron chi connectivity index (χ1n) is 6.66. The van der Waals surface area contributed by atoms with Gasteiger partial charge in [-0.15, -0.1) is 11.8 Å². The minimum atomic E-state index is 1.07. The molecule has 0 unspecified atom stereocenters. The standard InChI is InChI=1S/C18H19NS/c1-4-5-13-19-17-14(2)11-12-16(18(17)20-3)15-9-7-6-8-10-15/h4-13H,1-3H3/b5-4-,19-13?. The minimum absolute atomic E-state index is 1.07. The first kappa shape index (κ1) is 14.6. The first-order valence-corrected chi connectivity index (χ1v) is 7.88. The number of hydrogen-bond donors (Lipinski definition) is 0. The molecule has 0 bridgehead atoms. The first-order chi connectivity index (χ1) is 9.77. The number of benzene rings is 2. The lowest BCUT2D eigenvalue weighted by molar-refractivity contribution is 1.31. The van der Waals surface area contributed by atoms with Crippen LogP contribution in [0.15, 0.2) is 64.5 Å². The van der Waals surface area contributed by atoms with E-state index in [1.54, 1.807) is 11.8 Å². The van der Waals surface area contributed by atoms with Crippen LogP contribution < -0.4 is 0 Å². The van der Waals surface area contributed by atoms with Gasteiger partial charge in [0.15, 0.2) is 0 Å². The molecule has 102 valence electrons. The maximum absolute atomic E-state index is 4.62. The van der Waals surface area contributed by atoms with Crippen LogP contribution >= 0.6 is 11.8 Å². The quantitative estimate of drug-likeness (QED) is 0.520. The highest BCUT2D eigenvalue weighted by molar-refractivity contribution is 7.98. The second-order valence-electron chi connectivity index (χ2n) is 4.48. The molecule has 0 aliphatic carbocycles. The van der Waals surface area contributed by atoms with Gasteiger partial charge in [-0.1, -0.05) is 48.5 Å². The number of nitrogens with zero attached hydrogens (tertiary/aromatic N) is 1. The van der Waals surface area contributed by atoms with Gasteiger partial charge in [0.05, 0.1) is 5.69 Å². The van der Waals surface area contributed by atoms with E-state index in [1.165, 1.54) is 21.6 Å². The van der Waals surface area contributed by atoms with Gasteiger partial charge in [-0.3, -0.25) is 4.99 Å². The summed E-state index contributed by atoms with van der Waals surface area (Å²) in [6.07, 6.45) is 7.91. The molecule has 0 heterocycles. The Labute approximate surface area is 125 Å². The summed E-state index contributed by atoms with van der Waals surface area (Å²) in [6, 6.07) is 14.8. The van der Waals surface area contributed by atoms with E-state index in [2.05, 4.69) is 54.6 Å². The Bertz CT molecular complexity index is 627. The molecule has 0 atom stereocenters. The van der Waals surface area contributed by atoms with Crippen LogP contribution in [0.25, 0.3) is 11.1 Å². The lowest BCUT2D eigenvalue weighted by atomic mass is 10.0. The van der Waals surface area contributed by atoms with Gasteiger partial charge in [0.1, 0.15) is 0 Å². The molecule has 20 heavy (non-hydrogen) atoms. The molecule has 0 radical (unpaired) electrons. The molecular formula is C18H19NS. The Morgan fingerprint density at radius 1 is 1.05 bits per heavy atom. The number of allylic oxidation sites excluding steroid dienone is 2. The third-order valence-electron chi connectivity index (χ3n) is 3.10. The molecule has 0 amide bonds. The molecule has 0 aliphatic heterocycles. The molecule has 2 aromatic rings. The smallest absolute Gasteiger partial charge is 0.0800 e. The van der Waals surface area contributed by atoms with E-state index in [1.807, 2.05) is 31.4 Å². The summed E-state index contributed by atoms with van der Waals surface area (Å²) in [5.41, 5.74) is 4.75. The lowest BCUT2D eigenvalue weighted by Crippen LogP contribution is -1.86. The highest BCUT2D eigenvalue weighted by atomic mass is 32.2. The highest BCUT2D eigenvalue weighted by Gasteiger charge is 2.11. The molecular weight excluding hydrogens is 262 g/mol. The summed E-state index contributed by atoms with van der Waals surface area (Å²) in [7, 11) is 0. The van der Waals surface area contributed by atoms with E-state index < -0.39 is 0 Å². The molecule has 0 saturated carbocycles. The molecule has 1 nitrogen and oxygen atoms in total. The van der Waals surface area contributed by atoms with Gasteiger partial charge in [0.2, 0.25) is 0 Å². The molecule has 0 N–H and O–H groups in total. The topological polar surface area (TPSA) is 12.4 Å². The van der Waals surface area contributed by atoms with Gasteiger partial charge in [-0.05, 0) is 42.9 Å². The van der Waals surface area contributed by atoms with E-state index >= 15 is 0 Å². The normalized spacial score (nSPS) is 11.6. The lowest BCUT2D eigenvalue weighted by Gasteiger charge is -2.12.